The topological polar surface area (TPSA) is 38.2 Å². The predicted octanol–water partition coefficient (Wildman–Crippen LogP) is 2.10. The summed E-state index contributed by atoms with van der Waals surface area (Å²) in [6, 6.07) is 0. The number of rotatable bonds is 6. The monoisotopic (exact) mass is 255 g/mol. The Morgan fingerprint density at radius 1 is 1.47 bits per heavy atom. The van der Waals surface area contributed by atoms with Crippen molar-refractivity contribution in [3.63, 3.8) is 0 Å². The molecule has 5 heteroatoms. The summed E-state index contributed by atoms with van der Waals surface area (Å²) < 4.78 is 5.62. The van der Waals surface area contributed by atoms with Crippen LogP contribution in [0.3, 0.4) is 0 Å². The van der Waals surface area contributed by atoms with Gasteiger partial charge < -0.3 is 4.74 Å². The van der Waals surface area contributed by atoms with Gasteiger partial charge in [0.05, 0.1) is 13.2 Å². The van der Waals surface area contributed by atoms with Crippen molar-refractivity contribution in [3.05, 3.63) is 10.0 Å². The molecule has 0 unspecified atom stereocenters. The molecule has 1 aliphatic rings. The van der Waals surface area contributed by atoms with Crippen molar-refractivity contribution in [3.8, 4) is 0 Å². The number of aryl methyl sites for hydroxylation is 1. The van der Waals surface area contributed by atoms with Crippen LogP contribution in [0.5, 0.6) is 0 Å². The van der Waals surface area contributed by atoms with Gasteiger partial charge in [0.2, 0.25) is 0 Å². The molecule has 0 bridgehead atoms. The van der Waals surface area contributed by atoms with E-state index in [1.54, 1.807) is 11.3 Å². The van der Waals surface area contributed by atoms with E-state index in [1.165, 1.54) is 13.0 Å². The summed E-state index contributed by atoms with van der Waals surface area (Å²) in [5, 5.41) is 10.4. The summed E-state index contributed by atoms with van der Waals surface area (Å²) in [7, 11) is 0. The van der Waals surface area contributed by atoms with Crippen molar-refractivity contribution in [2.45, 2.75) is 33.2 Å². The zero-order valence-corrected chi connectivity index (χ0v) is 11.5. The van der Waals surface area contributed by atoms with Gasteiger partial charge >= 0.3 is 0 Å². The van der Waals surface area contributed by atoms with Gasteiger partial charge in [-0.2, -0.15) is 0 Å². The fourth-order valence-electron chi connectivity index (χ4n) is 2.18. The number of ether oxygens (including phenoxy) is 1. The zero-order chi connectivity index (χ0) is 12.1. The number of likely N-dealkylation sites (tertiary alicyclic amines) is 1. The highest BCUT2D eigenvalue weighted by Gasteiger charge is 2.23. The molecule has 0 aliphatic carbocycles. The number of aromatic nitrogens is 2. The van der Waals surface area contributed by atoms with E-state index in [2.05, 4.69) is 22.0 Å². The molecule has 0 spiro atoms. The first kappa shape index (κ1) is 12.9. The SMILES string of the molecule is CCCOC[C@@H]1CCN(Cc2nnc(C)s2)C1. The van der Waals surface area contributed by atoms with Crippen molar-refractivity contribution < 1.29 is 4.74 Å². The van der Waals surface area contributed by atoms with Crippen LogP contribution in [0.15, 0.2) is 0 Å². The van der Waals surface area contributed by atoms with Crippen molar-refractivity contribution in [2.24, 2.45) is 5.92 Å². The average molecular weight is 255 g/mol. The third-order valence-corrected chi connectivity index (χ3v) is 3.82. The first-order chi connectivity index (χ1) is 8.28. The van der Waals surface area contributed by atoms with Crippen LogP contribution in [0.1, 0.15) is 29.8 Å². The quantitative estimate of drug-likeness (QED) is 0.730. The van der Waals surface area contributed by atoms with Crippen LogP contribution >= 0.6 is 11.3 Å². The first-order valence-electron chi connectivity index (χ1n) is 6.37. The maximum absolute atomic E-state index is 5.62. The molecule has 17 heavy (non-hydrogen) atoms. The minimum atomic E-state index is 0.704. The van der Waals surface area contributed by atoms with E-state index in [9.17, 15) is 0 Å². The van der Waals surface area contributed by atoms with Crippen LogP contribution in [0.2, 0.25) is 0 Å². The molecule has 2 rings (SSSR count). The molecular weight excluding hydrogens is 234 g/mol. The molecule has 1 fully saturated rings. The fourth-order valence-corrected chi connectivity index (χ4v) is 2.93. The van der Waals surface area contributed by atoms with E-state index in [0.29, 0.717) is 5.92 Å². The van der Waals surface area contributed by atoms with Crippen LogP contribution < -0.4 is 0 Å². The second-order valence-corrected chi connectivity index (χ2v) is 5.95. The second kappa shape index (κ2) is 6.42. The molecule has 0 radical (unpaired) electrons. The number of nitrogens with zero attached hydrogens (tertiary/aromatic N) is 3. The normalized spacial score (nSPS) is 21.2. The average Bonchev–Trinajstić information content (AvgIpc) is 2.90. The highest BCUT2D eigenvalue weighted by Crippen LogP contribution is 2.20. The molecule has 0 amide bonds. The molecule has 0 N–H and O–H groups in total. The molecule has 96 valence electrons. The van der Waals surface area contributed by atoms with E-state index in [1.807, 2.05) is 6.92 Å². The molecule has 0 aromatic carbocycles. The van der Waals surface area contributed by atoms with Gasteiger partial charge in [0, 0.05) is 13.2 Å². The molecule has 1 aromatic rings. The van der Waals surface area contributed by atoms with Crippen LogP contribution in [0.4, 0.5) is 0 Å². The van der Waals surface area contributed by atoms with Gasteiger partial charge in [-0.3, -0.25) is 4.90 Å². The van der Waals surface area contributed by atoms with E-state index in [-0.39, 0.29) is 0 Å². The van der Waals surface area contributed by atoms with E-state index >= 15 is 0 Å². The summed E-state index contributed by atoms with van der Waals surface area (Å²) >= 11 is 1.70. The molecule has 4 nitrogen and oxygen atoms in total. The Morgan fingerprint density at radius 3 is 3.06 bits per heavy atom. The van der Waals surface area contributed by atoms with E-state index in [4.69, 9.17) is 4.74 Å². The standard InChI is InChI=1S/C12H21N3OS/c1-3-6-16-9-11-4-5-15(7-11)8-12-14-13-10(2)17-12/h11H,3-9H2,1-2H3/t11-/m1/s1. The van der Waals surface area contributed by atoms with Gasteiger partial charge in [0.15, 0.2) is 0 Å². The summed E-state index contributed by atoms with van der Waals surface area (Å²) in [4.78, 5) is 2.46. The maximum atomic E-state index is 5.62. The van der Waals surface area contributed by atoms with Crippen molar-refractivity contribution >= 4 is 11.3 Å². The Labute approximate surface area is 107 Å². The predicted molar refractivity (Wildman–Crippen MR) is 69.1 cm³/mol. The van der Waals surface area contributed by atoms with Crippen LogP contribution in [-0.4, -0.2) is 41.4 Å². The van der Waals surface area contributed by atoms with Gasteiger partial charge in [-0.15, -0.1) is 21.5 Å². The Hall–Kier alpha value is -0.520. The lowest BCUT2D eigenvalue weighted by molar-refractivity contribution is 0.101. The van der Waals surface area contributed by atoms with Crippen molar-refractivity contribution in [2.75, 3.05) is 26.3 Å². The third kappa shape index (κ3) is 4.01. The maximum Gasteiger partial charge on any atom is 0.131 e. The Kier molecular flexibility index (Phi) is 4.88. The first-order valence-corrected chi connectivity index (χ1v) is 7.18. The summed E-state index contributed by atoms with van der Waals surface area (Å²) in [6.45, 7) is 9.23. The van der Waals surface area contributed by atoms with E-state index < -0.39 is 0 Å². The van der Waals surface area contributed by atoms with Gasteiger partial charge in [-0.25, -0.2) is 0 Å². The lowest BCUT2D eigenvalue weighted by Gasteiger charge is -2.14. The second-order valence-electron chi connectivity index (χ2n) is 4.68. The highest BCUT2D eigenvalue weighted by molar-refractivity contribution is 7.11. The molecule has 1 atom stereocenters. The fraction of sp³-hybridized carbons (Fsp3) is 0.833. The molecule has 0 saturated carbocycles. The molecule has 1 aliphatic heterocycles. The van der Waals surface area contributed by atoms with Crippen molar-refractivity contribution in [1.29, 1.82) is 0 Å². The van der Waals surface area contributed by atoms with E-state index in [0.717, 1.165) is 42.7 Å². The van der Waals surface area contributed by atoms with Crippen LogP contribution in [0, 0.1) is 12.8 Å². The minimum absolute atomic E-state index is 0.704. The number of hydrogen-bond donors (Lipinski definition) is 0. The third-order valence-electron chi connectivity index (χ3n) is 3.00. The summed E-state index contributed by atoms with van der Waals surface area (Å²) in [5.41, 5.74) is 0. The lowest BCUT2D eigenvalue weighted by Crippen LogP contribution is -2.21. The Bertz CT molecular complexity index is 342. The van der Waals surface area contributed by atoms with Gasteiger partial charge in [0.25, 0.3) is 0 Å². The van der Waals surface area contributed by atoms with Crippen molar-refractivity contribution in [1.82, 2.24) is 15.1 Å². The Morgan fingerprint density at radius 2 is 2.35 bits per heavy atom. The molecule has 1 saturated heterocycles. The largest absolute Gasteiger partial charge is 0.381 e. The molecule has 1 aromatic heterocycles. The minimum Gasteiger partial charge on any atom is -0.381 e. The van der Waals surface area contributed by atoms with Gasteiger partial charge in [0.1, 0.15) is 10.0 Å². The highest BCUT2D eigenvalue weighted by atomic mass is 32.1. The molecule has 2 heterocycles. The Balaban J connectivity index is 1.70. The summed E-state index contributed by atoms with van der Waals surface area (Å²) in [5.74, 6) is 0.704. The summed E-state index contributed by atoms with van der Waals surface area (Å²) in [6.07, 6.45) is 2.36. The van der Waals surface area contributed by atoms with Gasteiger partial charge in [-0.1, -0.05) is 6.92 Å². The molecular formula is C12H21N3OS. The van der Waals surface area contributed by atoms with Crippen LogP contribution in [-0.2, 0) is 11.3 Å². The lowest BCUT2D eigenvalue weighted by atomic mass is 10.1. The van der Waals surface area contributed by atoms with Gasteiger partial charge in [-0.05, 0) is 32.2 Å². The van der Waals surface area contributed by atoms with Crippen LogP contribution in [0.25, 0.3) is 0 Å². The smallest absolute Gasteiger partial charge is 0.131 e. The zero-order valence-electron chi connectivity index (χ0n) is 10.7. The number of hydrogen-bond acceptors (Lipinski definition) is 5.